The summed E-state index contributed by atoms with van der Waals surface area (Å²) in [5, 5.41) is 0. The monoisotopic (exact) mass is 237 g/mol. The molecule has 0 radical (unpaired) electrons. The van der Waals surface area contributed by atoms with E-state index in [0.29, 0.717) is 0 Å². The Morgan fingerprint density at radius 1 is 1.53 bits per heavy atom. The Morgan fingerprint density at radius 3 is 2.60 bits per heavy atom. The molecule has 0 saturated carbocycles. The highest BCUT2D eigenvalue weighted by atomic mass is 31.2. The first kappa shape index (κ1) is 14.3. The highest BCUT2D eigenvalue weighted by Gasteiger charge is 2.19. The molecule has 0 rings (SSSR count). The van der Waals surface area contributed by atoms with Gasteiger partial charge in [0.05, 0.1) is 12.8 Å². The molecular formula is C8H16NO5P. The summed E-state index contributed by atoms with van der Waals surface area (Å²) < 4.78 is 20.4. The second-order valence-electron chi connectivity index (χ2n) is 2.90. The fourth-order valence-electron chi connectivity index (χ4n) is 0.637. The fraction of sp³-hybridized carbons (Fsp3) is 0.625. The normalized spacial score (nSPS) is 14.3. The zero-order valence-electron chi connectivity index (χ0n) is 8.64. The van der Waals surface area contributed by atoms with E-state index >= 15 is 0 Å². The zero-order chi connectivity index (χ0) is 11.9. The van der Waals surface area contributed by atoms with Crippen molar-refractivity contribution >= 4 is 13.6 Å². The average molecular weight is 237 g/mol. The lowest BCUT2D eigenvalue weighted by molar-refractivity contribution is -0.138. The third kappa shape index (κ3) is 7.27. The van der Waals surface area contributed by atoms with E-state index in [9.17, 15) is 9.36 Å². The number of rotatable bonds is 7. The minimum Gasteiger partial charge on any atom is -0.462 e. The predicted molar refractivity (Wildman–Crippen MR) is 55.5 cm³/mol. The maximum atomic E-state index is 11.2. The SMILES string of the molecule is C=C(C)C(=O)OCCP(=O)(O)OCCN. The molecule has 1 unspecified atom stereocenters. The summed E-state index contributed by atoms with van der Waals surface area (Å²) in [6.07, 6.45) is -0.244. The van der Waals surface area contributed by atoms with E-state index in [0.717, 1.165) is 0 Å². The Bertz CT molecular complexity index is 278. The van der Waals surface area contributed by atoms with Gasteiger partial charge in [-0.1, -0.05) is 6.58 Å². The molecule has 0 heterocycles. The van der Waals surface area contributed by atoms with Crippen LogP contribution < -0.4 is 5.73 Å². The molecule has 1 atom stereocenters. The molecule has 0 fully saturated rings. The van der Waals surface area contributed by atoms with Crippen molar-refractivity contribution in [1.82, 2.24) is 0 Å². The van der Waals surface area contributed by atoms with Gasteiger partial charge in [-0.15, -0.1) is 0 Å². The molecular weight excluding hydrogens is 221 g/mol. The van der Waals surface area contributed by atoms with E-state index in [4.69, 9.17) is 10.6 Å². The van der Waals surface area contributed by atoms with Gasteiger partial charge in [0, 0.05) is 12.1 Å². The Balaban J connectivity index is 3.79. The van der Waals surface area contributed by atoms with Gasteiger partial charge in [0.1, 0.15) is 6.61 Å². The molecule has 0 saturated heterocycles. The largest absolute Gasteiger partial charge is 0.462 e. The van der Waals surface area contributed by atoms with Crippen LogP contribution >= 0.6 is 7.60 Å². The first-order chi connectivity index (χ1) is 6.89. The molecule has 0 spiro atoms. The molecule has 88 valence electrons. The highest BCUT2D eigenvalue weighted by Crippen LogP contribution is 2.40. The van der Waals surface area contributed by atoms with Crippen LogP contribution in [0.2, 0.25) is 0 Å². The summed E-state index contributed by atoms with van der Waals surface area (Å²) >= 11 is 0. The summed E-state index contributed by atoms with van der Waals surface area (Å²) in [5.74, 6) is -0.589. The molecule has 6 nitrogen and oxygen atoms in total. The van der Waals surface area contributed by atoms with Crippen LogP contribution in [0.25, 0.3) is 0 Å². The van der Waals surface area contributed by atoms with Crippen molar-refractivity contribution in [1.29, 1.82) is 0 Å². The standard InChI is InChI=1S/C8H16NO5P/c1-7(2)8(10)13-5-6-15(11,12)14-4-3-9/h1,3-6,9H2,2H3,(H,11,12). The van der Waals surface area contributed by atoms with E-state index in [-0.39, 0.29) is 31.5 Å². The van der Waals surface area contributed by atoms with Crippen molar-refractivity contribution < 1.29 is 23.5 Å². The number of hydrogen-bond acceptors (Lipinski definition) is 5. The van der Waals surface area contributed by atoms with Gasteiger partial charge in [-0.25, -0.2) is 4.79 Å². The van der Waals surface area contributed by atoms with Gasteiger partial charge in [-0.2, -0.15) is 0 Å². The lowest BCUT2D eigenvalue weighted by atomic mass is 10.4. The number of carbonyl (C=O) groups excluding carboxylic acids is 1. The fourth-order valence-corrected chi connectivity index (χ4v) is 1.48. The summed E-state index contributed by atoms with van der Waals surface area (Å²) in [4.78, 5) is 20.0. The molecule has 0 aliphatic heterocycles. The molecule has 0 aromatic carbocycles. The quantitative estimate of drug-likeness (QED) is 0.374. The highest BCUT2D eigenvalue weighted by molar-refractivity contribution is 7.52. The van der Waals surface area contributed by atoms with Crippen molar-refractivity contribution in [3.8, 4) is 0 Å². The van der Waals surface area contributed by atoms with Crippen molar-refractivity contribution in [3.05, 3.63) is 12.2 Å². The summed E-state index contributed by atoms with van der Waals surface area (Å²) in [7, 11) is -3.68. The van der Waals surface area contributed by atoms with E-state index in [1.165, 1.54) is 6.92 Å². The lowest BCUT2D eigenvalue weighted by Crippen LogP contribution is -2.12. The number of ether oxygens (including phenoxy) is 1. The predicted octanol–water partition coefficient (Wildman–Crippen LogP) is 0.266. The zero-order valence-corrected chi connectivity index (χ0v) is 9.53. The first-order valence-electron chi connectivity index (χ1n) is 4.38. The van der Waals surface area contributed by atoms with Crippen LogP contribution in [-0.4, -0.2) is 36.8 Å². The minimum absolute atomic E-state index is 0.00219. The number of carbonyl (C=O) groups is 1. The summed E-state index contributed by atoms with van der Waals surface area (Å²) in [6.45, 7) is 4.85. The van der Waals surface area contributed by atoms with Crippen LogP contribution in [-0.2, 0) is 18.6 Å². The topological polar surface area (TPSA) is 98.9 Å². The molecule has 7 heteroatoms. The Labute approximate surface area is 88.6 Å². The first-order valence-corrected chi connectivity index (χ1v) is 6.14. The van der Waals surface area contributed by atoms with Gasteiger partial charge in [0.25, 0.3) is 0 Å². The number of esters is 1. The Morgan fingerprint density at radius 2 is 2.13 bits per heavy atom. The van der Waals surface area contributed by atoms with Crippen molar-refractivity contribution in [2.75, 3.05) is 25.9 Å². The molecule has 0 bridgehead atoms. The molecule has 0 aromatic heterocycles. The second-order valence-corrected chi connectivity index (χ2v) is 4.88. The van der Waals surface area contributed by atoms with E-state index in [2.05, 4.69) is 15.8 Å². The summed E-state index contributed by atoms with van der Waals surface area (Å²) in [6, 6.07) is 0. The van der Waals surface area contributed by atoms with Gasteiger partial charge in [-0.3, -0.25) is 4.57 Å². The molecule has 15 heavy (non-hydrogen) atoms. The van der Waals surface area contributed by atoms with Gasteiger partial charge in [0.2, 0.25) is 0 Å². The van der Waals surface area contributed by atoms with Crippen LogP contribution in [0.15, 0.2) is 12.2 Å². The number of nitrogens with two attached hydrogens (primary N) is 1. The van der Waals surface area contributed by atoms with Crippen molar-refractivity contribution in [2.24, 2.45) is 5.73 Å². The Hall–Kier alpha value is -0.680. The molecule has 0 aliphatic rings. The van der Waals surface area contributed by atoms with Crippen LogP contribution in [0.1, 0.15) is 6.92 Å². The van der Waals surface area contributed by atoms with Crippen LogP contribution in [0, 0.1) is 0 Å². The Kier molecular flexibility index (Phi) is 6.43. The van der Waals surface area contributed by atoms with Crippen LogP contribution in [0.3, 0.4) is 0 Å². The van der Waals surface area contributed by atoms with Gasteiger partial charge in [-0.05, 0) is 6.92 Å². The van der Waals surface area contributed by atoms with E-state index in [1.807, 2.05) is 0 Å². The molecule has 0 amide bonds. The van der Waals surface area contributed by atoms with Gasteiger partial charge < -0.3 is 19.9 Å². The van der Waals surface area contributed by atoms with Crippen LogP contribution in [0.4, 0.5) is 0 Å². The third-order valence-electron chi connectivity index (χ3n) is 1.37. The van der Waals surface area contributed by atoms with Gasteiger partial charge >= 0.3 is 13.6 Å². The summed E-state index contributed by atoms with van der Waals surface area (Å²) in [5.41, 5.74) is 5.34. The van der Waals surface area contributed by atoms with E-state index < -0.39 is 13.6 Å². The molecule has 3 N–H and O–H groups in total. The average Bonchev–Trinajstić information content (AvgIpc) is 2.14. The van der Waals surface area contributed by atoms with Crippen molar-refractivity contribution in [3.63, 3.8) is 0 Å². The van der Waals surface area contributed by atoms with Crippen LogP contribution in [0.5, 0.6) is 0 Å². The van der Waals surface area contributed by atoms with Crippen molar-refractivity contribution in [2.45, 2.75) is 6.92 Å². The lowest BCUT2D eigenvalue weighted by Gasteiger charge is -2.11. The van der Waals surface area contributed by atoms with Gasteiger partial charge in [0.15, 0.2) is 0 Å². The van der Waals surface area contributed by atoms with E-state index in [1.54, 1.807) is 0 Å². The smallest absolute Gasteiger partial charge is 0.333 e. The maximum absolute atomic E-state index is 11.2. The molecule has 0 aromatic rings. The minimum atomic E-state index is -3.68. The number of hydrogen-bond donors (Lipinski definition) is 2. The molecule has 0 aliphatic carbocycles. The maximum Gasteiger partial charge on any atom is 0.333 e. The third-order valence-corrected chi connectivity index (χ3v) is 2.70. The second kappa shape index (κ2) is 6.74.